The topological polar surface area (TPSA) is 31.4 Å². The molecule has 1 aromatic heterocycles. The standard InChI is InChI=1S/C25H37NO2/c1-4-6-7-8-9-12-18-27-25-20-26-17-15-23(25)22-13-10-11-14-24(22)28-19-16-21(3)5-2/h10-11,13-15,17,20-21H,4-9,12,16,18-19H2,1-3H3. The third-order valence-electron chi connectivity index (χ3n) is 5.28. The highest BCUT2D eigenvalue weighted by molar-refractivity contribution is 5.75. The molecule has 0 saturated carbocycles. The van der Waals surface area contributed by atoms with E-state index in [1.54, 1.807) is 0 Å². The van der Waals surface area contributed by atoms with E-state index in [0.29, 0.717) is 5.92 Å². The Morgan fingerprint density at radius 2 is 1.54 bits per heavy atom. The van der Waals surface area contributed by atoms with E-state index in [2.05, 4.69) is 37.9 Å². The summed E-state index contributed by atoms with van der Waals surface area (Å²) in [5.41, 5.74) is 2.13. The minimum absolute atomic E-state index is 0.685. The second-order valence-electron chi connectivity index (χ2n) is 7.63. The first kappa shape index (κ1) is 22.3. The lowest BCUT2D eigenvalue weighted by molar-refractivity contribution is 0.282. The Hall–Kier alpha value is -2.03. The van der Waals surface area contributed by atoms with Gasteiger partial charge in [0.25, 0.3) is 0 Å². The van der Waals surface area contributed by atoms with Crippen molar-refractivity contribution in [2.45, 2.75) is 72.1 Å². The van der Waals surface area contributed by atoms with Crippen LogP contribution in [0.4, 0.5) is 0 Å². The molecule has 2 aromatic rings. The molecular formula is C25H37NO2. The maximum atomic E-state index is 6.12. The van der Waals surface area contributed by atoms with E-state index in [-0.39, 0.29) is 0 Å². The average molecular weight is 384 g/mol. The van der Waals surface area contributed by atoms with Gasteiger partial charge in [-0.3, -0.25) is 4.98 Å². The first-order valence-electron chi connectivity index (χ1n) is 11.0. The minimum Gasteiger partial charge on any atom is -0.493 e. The van der Waals surface area contributed by atoms with Gasteiger partial charge in [0.05, 0.1) is 19.4 Å². The van der Waals surface area contributed by atoms with Crippen LogP contribution in [0.25, 0.3) is 11.1 Å². The number of hydrogen-bond donors (Lipinski definition) is 0. The van der Waals surface area contributed by atoms with Crippen LogP contribution < -0.4 is 9.47 Å². The highest BCUT2D eigenvalue weighted by Crippen LogP contribution is 2.36. The second kappa shape index (κ2) is 13.2. The predicted molar refractivity (Wildman–Crippen MR) is 118 cm³/mol. The third-order valence-corrected chi connectivity index (χ3v) is 5.28. The second-order valence-corrected chi connectivity index (χ2v) is 7.63. The Labute approximate surface area is 171 Å². The number of benzene rings is 1. The summed E-state index contributed by atoms with van der Waals surface area (Å²) >= 11 is 0. The van der Waals surface area contributed by atoms with Crippen LogP contribution in [0.5, 0.6) is 11.5 Å². The molecule has 0 aliphatic heterocycles. The Balaban J connectivity index is 1.97. The van der Waals surface area contributed by atoms with Gasteiger partial charge in [-0.05, 0) is 30.9 Å². The number of pyridine rings is 1. The van der Waals surface area contributed by atoms with Gasteiger partial charge in [0.2, 0.25) is 0 Å². The molecule has 1 aromatic carbocycles. The summed E-state index contributed by atoms with van der Waals surface area (Å²) in [5, 5.41) is 0. The van der Waals surface area contributed by atoms with E-state index in [1.807, 2.05) is 30.6 Å². The van der Waals surface area contributed by atoms with Crippen molar-refractivity contribution >= 4 is 0 Å². The molecule has 0 aliphatic rings. The number of para-hydroxylation sites is 1. The van der Waals surface area contributed by atoms with Crippen molar-refractivity contribution in [3.8, 4) is 22.6 Å². The smallest absolute Gasteiger partial charge is 0.145 e. The number of nitrogens with zero attached hydrogens (tertiary/aromatic N) is 1. The summed E-state index contributed by atoms with van der Waals surface area (Å²) < 4.78 is 12.2. The van der Waals surface area contributed by atoms with E-state index in [1.165, 1.54) is 38.5 Å². The fourth-order valence-electron chi connectivity index (χ4n) is 3.17. The predicted octanol–water partition coefficient (Wildman–Crippen LogP) is 7.30. The van der Waals surface area contributed by atoms with Crippen LogP contribution in [0.3, 0.4) is 0 Å². The van der Waals surface area contributed by atoms with Crippen LogP contribution in [0, 0.1) is 5.92 Å². The molecule has 28 heavy (non-hydrogen) atoms. The van der Waals surface area contributed by atoms with Crippen molar-refractivity contribution in [1.29, 1.82) is 0 Å². The molecule has 0 fully saturated rings. The lowest BCUT2D eigenvalue weighted by Crippen LogP contribution is -2.04. The molecule has 0 aliphatic carbocycles. The fraction of sp³-hybridized carbons (Fsp3) is 0.560. The van der Waals surface area contributed by atoms with Crippen LogP contribution >= 0.6 is 0 Å². The summed E-state index contributed by atoms with van der Waals surface area (Å²) in [4.78, 5) is 4.27. The summed E-state index contributed by atoms with van der Waals surface area (Å²) in [6.07, 6.45) is 13.5. The molecule has 0 bridgehead atoms. The quantitative estimate of drug-likeness (QED) is 0.321. The van der Waals surface area contributed by atoms with E-state index in [4.69, 9.17) is 9.47 Å². The first-order valence-corrected chi connectivity index (χ1v) is 11.0. The Morgan fingerprint density at radius 3 is 2.36 bits per heavy atom. The zero-order valence-electron chi connectivity index (χ0n) is 18.0. The lowest BCUT2D eigenvalue weighted by Gasteiger charge is -2.16. The van der Waals surface area contributed by atoms with E-state index in [9.17, 15) is 0 Å². The SMILES string of the molecule is CCCCCCCCOc1cnccc1-c1ccccc1OCCC(C)CC. The molecule has 0 spiro atoms. The number of aromatic nitrogens is 1. The Kier molecular flexibility index (Phi) is 10.5. The van der Waals surface area contributed by atoms with Gasteiger partial charge in [0, 0.05) is 17.3 Å². The van der Waals surface area contributed by atoms with Gasteiger partial charge in [-0.25, -0.2) is 0 Å². The molecule has 3 heteroatoms. The van der Waals surface area contributed by atoms with E-state index in [0.717, 1.165) is 48.7 Å². The zero-order chi connectivity index (χ0) is 20.0. The summed E-state index contributed by atoms with van der Waals surface area (Å²) in [7, 11) is 0. The first-order chi connectivity index (χ1) is 13.8. The minimum atomic E-state index is 0.685. The van der Waals surface area contributed by atoms with Crippen molar-refractivity contribution in [3.05, 3.63) is 42.7 Å². The van der Waals surface area contributed by atoms with Crippen LogP contribution in [0.15, 0.2) is 42.7 Å². The van der Waals surface area contributed by atoms with Crippen molar-refractivity contribution in [2.24, 2.45) is 5.92 Å². The Bertz CT molecular complexity index is 671. The van der Waals surface area contributed by atoms with Gasteiger partial charge in [0.15, 0.2) is 0 Å². The molecule has 3 nitrogen and oxygen atoms in total. The molecule has 2 rings (SSSR count). The Morgan fingerprint density at radius 1 is 0.821 bits per heavy atom. The highest BCUT2D eigenvalue weighted by atomic mass is 16.5. The maximum absolute atomic E-state index is 6.12. The normalized spacial score (nSPS) is 12.0. The van der Waals surface area contributed by atoms with Crippen molar-refractivity contribution in [3.63, 3.8) is 0 Å². The highest BCUT2D eigenvalue weighted by Gasteiger charge is 2.12. The molecule has 154 valence electrons. The van der Waals surface area contributed by atoms with Gasteiger partial charge in [0.1, 0.15) is 11.5 Å². The van der Waals surface area contributed by atoms with Crippen molar-refractivity contribution in [2.75, 3.05) is 13.2 Å². The van der Waals surface area contributed by atoms with Gasteiger partial charge < -0.3 is 9.47 Å². The van der Waals surface area contributed by atoms with Crippen LogP contribution in [-0.4, -0.2) is 18.2 Å². The number of hydrogen-bond acceptors (Lipinski definition) is 3. The van der Waals surface area contributed by atoms with Gasteiger partial charge in [-0.2, -0.15) is 0 Å². The van der Waals surface area contributed by atoms with E-state index < -0.39 is 0 Å². The van der Waals surface area contributed by atoms with Crippen LogP contribution in [-0.2, 0) is 0 Å². The molecule has 0 N–H and O–H groups in total. The monoisotopic (exact) mass is 383 g/mol. The molecule has 1 atom stereocenters. The van der Waals surface area contributed by atoms with Crippen molar-refractivity contribution in [1.82, 2.24) is 4.98 Å². The van der Waals surface area contributed by atoms with Gasteiger partial charge in [-0.1, -0.05) is 77.5 Å². The fourth-order valence-corrected chi connectivity index (χ4v) is 3.17. The maximum Gasteiger partial charge on any atom is 0.145 e. The lowest BCUT2D eigenvalue weighted by atomic mass is 10.0. The third kappa shape index (κ3) is 7.53. The van der Waals surface area contributed by atoms with Gasteiger partial charge in [-0.15, -0.1) is 0 Å². The van der Waals surface area contributed by atoms with Crippen LogP contribution in [0.1, 0.15) is 72.1 Å². The average Bonchev–Trinajstić information content (AvgIpc) is 2.73. The largest absolute Gasteiger partial charge is 0.493 e. The zero-order valence-corrected chi connectivity index (χ0v) is 18.0. The molecule has 0 radical (unpaired) electrons. The molecule has 1 unspecified atom stereocenters. The summed E-state index contributed by atoms with van der Waals surface area (Å²) in [6.45, 7) is 8.22. The van der Waals surface area contributed by atoms with E-state index >= 15 is 0 Å². The van der Waals surface area contributed by atoms with Gasteiger partial charge >= 0.3 is 0 Å². The molecule has 0 saturated heterocycles. The van der Waals surface area contributed by atoms with Crippen molar-refractivity contribution < 1.29 is 9.47 Å². The summed E-state index contributed by atoms with van der Waals surface area (Å²) in [6, 6.07) is 10.2. The number of ether oxygens (including phenoxy) is 2. The number of unbranched alkanes of at least 4 members (excludes halogenated alkanes) is 5. The summed E-state index contributed by atoms with van der Waals surface area (Å²) in [5.74, 6) is 2.44. The molecule has 1 heterocycles. The molecular weight excluding hydrogens is 346 g/mol. The van der Waals surface area contributed by atoms with Crippen LogP contribution in [0.2, 0.25) is 0 Å². The molecule has 0 amide bonds. The number of rotatable bonds is 14.